The molecule has 0 aromatic rings. The average molecular weight is 133 g/mol. The second-order valence-corrected chi connectivity index (χ2v) is 1.91. The summed E-state index contributed by atoms with van der Waals surface area (Å²) in [4.78, 5) is 4.62. The van der Waals surface area contributed by atoms with E-state index in [0.29, 0.717) is 6.04 Å². The van der Waals surface area contributed by atoms with E-state index in [1.807, 2.05) is 0 Å². The Labute approximate surface area is 56.0 Å². The van der Waals surface area contributed by atoms with Crippen molar-refractivity contribution in [3.8, 4) is 0 Å². The van der Waals surface area contributed by atoms with Crippen LogP contribution in [0.25, 0.3) is 0 Å². The molecule has 1 aliphatic rings. The van der Waals surface area contributed by atoms with Crippen LogP contribution < -0.4 is 5.48 Å². The Morgan fingerprint density at radius 3 is 2.22 bits per heavy atom. The average Bonchev–Trinajstić information content (AvgIpc) is 2.53. The van der Waals surface area contributed by atoms with Crippen molar-refractivity contribution in [3.05, 3.63) is 0 Å². The summed E-state index contributed by atoms with van der Waals surface area (Å²) in [6.45, 7) is 1.93. The van der Waals surface area contributed by atoms with Gasteiger partial charge in [0.05, 0.1) is 7.11 Å². The van der Waals surface area contributed by atoms with Gasteiger partial charge in [0, 0.05) is 12.6 Å². The van der Waals surface area contributed by atoms with Gasteiger partial charge in [0.15, 0.2) is 0 Å². The van der Waals surface area contributed by atoms with Crippen LogP contribution in [0.4, 0.5) is 0 Å². The topological polar surface area (TPSA) is 41.5 Å². The molecule has 0 saturated heterocycles. The van der Waals surface area contributed by atoms with Gasteiger partial charge in [-0.25, -0.2) is 0 Å². The van der Waals surface area contributed by atoms with E-state index in [1.54, 1.807) is 14.0 Å². The molecule has 0 aromatic carbocycles. The van der Waals surface area contributed by atoms with Crippen molar-refractivity contribution < 1.29 is 9.94 Å². The lowest BCUT2D eigenvalue weighted by Crippen LogP contribution is -2.12. The Bertz CT molecular complexity index is 55.0. The normalized spacial score (nSPS) is 16.3. The van der Waals surface area contributed by atoms with Gasteiger partial charge in [-0.15, -0.1) is 0 Å². The Balaban J connectivity index is 0.000000187. The quantitative estimate of drug-likeness (QED) is 0.532. The smallest absolute Gasteiger partial charge is 0.0572 e. The monoisotopic (exact) mass is 133 g/mol. The second kappa shape index (κ2) is 6.01. The van der Waals surface area contributed by atoms with Crippen LogP contribution in [0.3, 0.4) is 0 Å². The van der Waals surface area contributed by atoms with Crippen molar-refractivity contribution in [3.63, 3.8) is 0 Å². The van der Waals surface area contributed by atoms with E-state index in [9.17, 15) is 0 Å². The number of hydrogen-bond acceptors (Lipinski definition) is 3. The first kappa shape index (κ1) is 8.88. The minimum atomic E-state index is 0.250. The number of rotatable bonds is 2. The van der Waals surface area contributed by atoms with Crippen molar-refractivity contribution in [1.29, 1.82) is 0 Å². The zero-order chi connectivity index (χ0) is 7.11. The van der Waals surface area contributed by atoms with Gasteiger partial charge in [0.2, 0.25) is 0 Å². The van der Waals surface area contributed by atoms with Crippen LogP contribution in [0.5, 0.6) is 0 Å². The standard InChI is InChI=1S/C4H9NO.C2H6O/c1-6-5-4-2-3-4;1-2-3/h4-5H,2-3H2,1H3;3H,2H2,1H3. The summed E-state index contributed by atoms with van der Waals surface area (Å²) in [5.74, 6) is 0. The van der Waals surface area contributed by atoms with Gasteiger partial charge in [-0.3, -0.25) is 0 Å². The van der Waals surface area contributed by atoms with Crippen molar-refractivity contribution in [2.45, 2.75) is 25.8 Å². The van der Waals surface area contributed by atoms with Crippen molar-refractivity contribution in [2.75, 3.05) is 13.7 Å². The first-order chi connectivity index (χ1) is 4.35. The zero-order valence-electron chi connectivity index (χ0n) is 6.05. The van der Waals surface area contributed by atoms with Gasteiger partial charge >= 0.3 is 0 Å². The first-order valence-electron chi connectivity index (χ1n) is 3.24. The van der Waals surface area contributed by atoms with Gasteiger partial charge in [0.1, 0.15) is 0 Å². The summed E-state index contributed by atoms with van der Waals surface area (Å²) < 4.78 is 0. The van der Waals surface area contributed by atoms with Crippen LogP contribution in [0.1, 0.15) is 19.8 Å². The molecule has 0 heterocycles. The van der Waals surface area contributed by atoms with Crippen LogP contribution in [0.2, 0.25) is 0 Å². The van der Waals surface area contributed by atoms with Crippen LogP contribution in [0.15, 0.2) is 0 Å². The maximum absolute atomic E-state index is 7.57. The van der Waals surface area contributed by atoms with Crippen LogP contribution in [-0.2, 0) is 4.84 Å². The fourth-order valence-corrected chi connectivity index (χ4v) is 0.368. The molecule has 0 aliphatic heterocycles. The van der Waals surface area contributed by atoms with Gasteiger partial charge in [-0.05, 0) is 19.8 Å². The molecule has 1 fully saturated rings. The molecule has 0 radical (unpaired) electrons. The highest BCUT2D eigenvalue weighted by atomic mass is 16.6. The van der Waals surface area contributed by atoms with Gasteiger partial charge in [-0.2, -0.15) is 5.48 Å². The van der Waals surface area contributed by atoms with E-state index in [2.05, 4.69) is 10.3 Å². The third-order valence-electron chi connectivity index (χ3n) is 0.862. The molecular weight excluding hydrogens is 118 g/mol. The highest BCUT2D eigenvalue weighted by Crippen LogP contribution is 2.17. The predicted octanol–water partition coefficient (Wildman–Crippen LogP) is 0.298. The fraction of sp³-hybridized carbons (Fsp3) is 1.00. The van der Waals surface area contributed by atoms with E-state index < -0.39 is 0 Å². The number of aliphatic hydroxyl groups is 1. The first-order valence-corrected chi connectivity index (χ1v) is 3.24. The summed E-state index contributed by atoms with van der Waals surface area (Å²) in [6.07, 6.45) is 2.57. The van der Waals surface area contributed by atoms with E-state index in [0.717, 1.165) is 0 Å². The number of aliphatic hydroxyl groups excluding tert-OH is 1. The molecule has 0 bridgehead atoms. The second-order valence-electron chi connectivity index (χ2n) is 1.91. The summed E-state index contributed by atoms with van der Waals surface area (Å²) >= 11 is 0. The van der Waals surface area contributed by atoms with Crippen molar-refractivity contribution >= 4 is 0 Å². The van der Waals surface area contributed by atoms with E-state index in [1.165, 1.54) is 12.8 Å². The molecule has 1 rings (SSSR count). The van der Waals surface area contributed by atoms with E-state index in [4.69, 9.17) is 5.11 Å². The fourth-order valence-electron chi connectivity index (χ4n) is 0.368. The molecule has 56 valence electrons. The zero-order valence-corrected chi connectivity index (χ0v) is 6.05. The maximum atomic E-state index is 7.57. The summed E-state index contributed by atoms with van der Waals surface area (Å²) in [6, 6.07) is 0.676. The minimum absolute atomic E-state index is 0.250. The maximum Gasteiger partial charge on any atom is 0.0572 e. The molecule has 0 amide bonds. The lowest BCUT2D eigenvalue weighted by molar-refractivity contribution is 0.0863. The van der Waals surface area contributed by atoms with Crippen molar-refractivity contribution in [1.82, 2.24) is 5.48 Å². The Morgan fingerprint density at radius 1 is 1.67 bits per heavy atom. The highest BCUT2D eigenvalue weighted by Gasteiger charge is 2.19. The number of nitrogens with one attached hydrogen (secondary N) is 1. The molecule has 3 nitrogen and oxygen atoms in total. The molecule has 1 saturated carbocycles. The molecule has 3 heteroatoms. The van der Waals surface area contributed by atoms with Crippen molar-refractivity contribution in [2.24, 2.45) is 0 Å². The summed E-state index contributed by atoms with van der Waals surface area (Å²) in [5.41, 5.74) is 2.82. The third-order valence-corrected chi connectivity index (χ3v) is 0.862. The highest BCUT2D eigenvalue weighted by molar-refractivity contribution is 4.76. The van der Waals surface area contributed by atoms with E-state index in [-0.39, 0.29) is 6.61 Å². The molecule has 0 spiro atoms. The van der Waals surface area contributed by atoms with Crippen LogP contribution >= 0.6 is 0 Å². The Kier molecular flexibility index (Phi) is 5.93. The van der Waals surface area contributed by atoms with E-state index >= 15 is 0 Å². The SMILES string of the molecule is CCO.CONC1CC1. The largest absolute Gasteiger partial charge is 0.397 e. The molecule has 1 aliphatic carbocycles. The Hall–Kier alpha value is -0.120. The van der Waals surface area contributed by atoms with Gasteiger partial charge in [-0.1, -0.05) is 0 Å². The molecular formula is C6H15NO2. The predicted molar refractivity (Wildman–Crippen MR) is 35.9 cm³/mol. The molecule has 0 unspecified atom stereocenters. The molecule has 0 atom stereocenters. The van der Waals surface area contributed by atoms with Gasteiger partial charge < -0.3 is 9.94 Å². The Morgan fingerprint density at radius 2 is 2.11 bits per heavy atom. The summed E-state index contributed by atoms with van der Waals surface area (Å²) in [5, 5.41) is 7.57. The van der Waals surface area contributed by atoms with Crippen LogP contribution in [-0.4, -0.2) is 24.9 Å². The lowest BCUT2D eigenvalue weighted by atomic mass is 10.8. The van der Waals surface area contributed by atoms with Gasteiger partial charge in [0.25, 0.3) is 0 Å². The number of hydrogen-bond donors (Lipinski definition) is 2. The molecule has 2 N–H and O–H groups in total. The summed E-state index contributed by atoms with van der Waals surface area (Å²) in [7, 11) is 1.65. The lowest BCUT2D eigenvalue weighted by Gasteiger charge is -1.91. The molecule has 0 aromatic heterocycles. The third kappa shape index (κ3) is 7.88. The molecule has 9 heavy (non-hydrogen) atoms. The minimum Gasteiger partial charge on any atom is -0.397 e. The van der Waals surface area contributed by atoms with Crippen LogP contribution in [0, 0.1) is 0 Å². The number of hydroxylamine groups is 1.